The van der Waals surface area contributed by atoms with Crippen LogP contribution in [0, 0.1) is 11.8 Å². The number of piperidine rings is 1. The number of anilines is 1. The minimum atomic E-state index is -0.114. The van der Waals surface area contributed by atoms with Crippen molar-refractivity contribution in [3.8, 4) is 11.4 Å². The van der Waals surface area contributed by atoms with Crippen molar-refractivity contribution in [1.29, 1.82) is 0 Å². The molecule has 27 heavy (non-hydrogen) atoms. The van der Waals surface area contributed by atoms with Gasteiger partial charge in [0.15, 0.2) is 0 Å². The van der Waals surface area contributed by atoms with Gasteiger partial charge in [0, 0.05) is 36.9 Å². The fourth-order valence-corrected chi connectivity index (χ4v) is 4.67. The van der Waals surface area contributed by atoms with Crippen molar-refractivity contribution in [2.24, 2.45) is 18.9 Å². The third-order valence-corrected chi connectivity index (χ3v) is 6.24. The quantitative estimate of drug-likeness (QED) is 0.786. The molecule has 4 unspecified atom stereocenters. The summed E-state index contributed by atoms with van der Waals surface area (Å²) >= 11 is 6.35. The van der Waals surface area contributed by atoms with Gasteiger partial charge in [0.2, 0.25) is 11.9 Å². The molecule has 2 aromatic heterocycles. The molecule has 0 radical (unpaired) electrons. The Morgan fingerprint density at radius 3 is 2.93 bits per heavy atom. The van der Waals surface area contributed by atoms with Crippen molar-refractivity contribution in [2.45, 2.75) is 50.1 Å². The number of aryl methyl sites for hydroxylation is 1. The predicted molar refractivity (Wildman–Crippen MR) is 104 cm³/mol. The fourth-order valence-electron chi connectivity index (χ4n) is 4.31. The number of carbonyl (C=O) groups excluding carboxylic acids is 1. The molecule has 4 rings (SSSR count). The Kier molecular flexibility index (Phi) is 5.04. The van der Waals surface area contributed by atoms with Crippen LogP contribution in [0.2, 0.25) is 0 Å². The molecule has 144 valence electrons. The van der Waals surface area contributed by atoms with E-state index < -0.39 is 0 Å². The number of alkyl halides is 1. The molecule has 8 heteroatoms. The highest BCUT2D eigenvalue weighted by atomic mass is 35.5. The first-order valence-corrected chi connectivity index (χ1v) is 9.97. The number of halogens is 1. The minimum absolute atomic E-state index is 0.0663. The van der Waals surface area contributed by atoms with E-state index in [4.69, 9.17) is 11.6 Å². The lowest BCUT2D eigenvalue weighted by Gasteiger charge is -2.42. The predicted octanol–water partition coefficient (Wildman–Crippen LogP) is 2.59. The van der Waals surface area contributed by atoms with Crippen LogP contribution in [-0.2, 0) is 11.8 Å². The molecule has 2 fully saturated rings. The first kappa shape index (κ1) is 18.2. The molecule has 1 aliphatic heterocycles. The molecule has 2 aromatic rings. The Labute approximate surface area is 163 Å². The summed E-state index contributed by atoms with van der Waals surface area (Å²) in [5, 5.41) is 10.9. The average molecular weight is 389 g/mol. The number of fused-ring (bicyclic) bond motifs is 1. The van der Waals surface area contributed by atoms with Crippen molar-refractivity contribution in [3.63, 3.8) is 0 Å². The summed E-state index contributed by atoms with van der Waals surface area (Å²) in [4.78, 5) is 21.5. The Balaban J connectivity index is 1.46. The van der Waals surface area contributed by atoms with E-state index in [9.17, 15) is 4.79 Å². The zero-order chi connectivity index (χ0) is 19.0. The smallest absolute Gasteiger partial charge is 0.225 e. The van der Waals surface area contributed by atoms with Crippen LogP contribution >= 0.6 is 11.6 Å². The molecule has 0 bridgehead atoms. The van der Waals surface area contributed by atoms with Gasteiger partial charge in [-0.15, -0.1) is 11.6 Å². The maximum Gasteiger partial charge on any atom is 0.225 e. The Hall–Kier alpha value is -2.15. The SMILES string of the molecule is C[C@H](Nc1nccc(-c2ccnn2C)n1)C1CC2CC(Cl)CCC2NC1=O. The molecular weight excluding hydrogens is 364 g/mol. The first-order chi connectivity index (χ1) is 13.0. The van der Waals surface area contributed by atoms with Crippen LogP contribution in [0.1, 0.15) is 32.6 Å². The molecule has 2 aliphatic rings. The van der Waals surface area contributed by atoms with E-state index in [1.54, 1.807) is 17.1 Å². The van der Waals surface area contributed by atoms with Crippen molar-refractivity contribution in [1.82, 2.24) is 25.1 Å². The van der Waals surface area contributed by atoms with Crippen LogP contribution in [0.5, 0.6) is 0 Å². The molecule has 0 spiro atoms. The van der Waals surface area contributed by atoms with Crippen LogP contribution in [-0.4, -0.2) is 43.1 Å². The van der Waals surface area contributed by atoms with Crippen LogP contribution in [0.3, 0.4) is 0 Å². The van der Waals surface area contributed by atoms with Crippen LogP contribution in [0.4, 0.5) is 5.95 Å². The number of hydrogen-bond donors (Lipinski definition) is 2. The van der Waals surface area contributed by atoms with Crippen molar-refractivity contribution >= 4 is 23.5 Å². The van der Waals surface area contributed by atoms with Gasteiger partial charge in [0.05, 0.1) is 17.3 Å². The molecule has 7 nitrogen and oxygen atoms in total. The summed E-state index contributed by atoms with van der Waals surface area (Å²) < 4.78 is 1.77. The lowest BCUT2D eigenvalue weighted by molar-refractivity contribution is -0.130. The Morgan fingerprint density at radius 2 is 2.15 bits per heavy atom. The Bertz CT molecular complexity index is 824. The zero-order valence-corrected chi connectivity index (χ0v) is 16.4. The molecule has 1 saturated carbocycles. The molecule has 5 atom stereocenters. The van der Waals surface area contributed by atoms with Crippen molar-refractivity contribution in [2.75, 3.05) is 5.32 Å². The maximum absolute atomic E-state index is 12.6. The maximum atomic E-state index is 12.6. The largest absolute Gasteiger partial charge is 0.353 e. The molecule has 2 N–H and O–H groups in total. The number of hydrogen-bond acceptors (Lipinski definition) is 5. The summed E-state index contributed by atoms with van der Waals surface area (Å²) in [7, 11) is 1.88. The number of nitrogens with zero attached hydrogens (tertiary/aromatic N) is 4. The Morgan fingerprint density at radius 1 is 1.30 bits per heavy atom. The van der Waals surface area contributed by atoms with E-state index in [-0.39, 0.29) is 29.3 Å². The minimum Gasteiger partial charge on any atom is -0.353 e. The van der Waals surface area contributed by atoms with Gasteiger partial charge in [-0.3, -0.25) is 9.48 Å². The number of rotatable bonds is 4. The third kappa shape index (κ3) is 3.78. The lowest BCUT2D eigenvalue weighted by Crippen LogP contribution is -2.55. The van der Waals surface area contributed by atoms with Crippen LogP contribution in [0.15, 0.2) is 24.5 Å². The van der Waals surface area contributed by atoms with Crippen LogP contribution < -0.4 is 10.6 Å². The summed E-state index contributed by atoms with van der Waals surface area (Å²) in [6, 6.07) is 3.98. The van der Waals surface area contributed by atoms with Crippen molar-refractivity contribution < 1.29 is 4.79 Å². The van der Waals surface area contributed by atoms with E-state index in [1.165, 1.54) is 0 Å². The van der Waals surface area contributed by atoms with Gasteiger partial charge in [-0.1, -0.05) is 0 Å². The summed E-state index contributed by atoms with van der Waals surface area (Å²) in [6.45, 7) is 2.02. The second-order valence-corrected chi connectivity index (χ2v) is 8.28. The van der Waals surface area contributed by atoms with Gasteiger partial charge in [-0.05, 0) is 50.7 Å². The molecule has 1 saturated heterocycles. The van der Waals surface area contributed by atoms with Crippen LogP contribution in [0.25, 0.3) is 11.4 Å². The topological polar surface area (TPSA) is 84.7 Å². The van der Waals surface area contributed by atoms with Crippen molar-refractivity contribution in [3.05, 3.63) is 24.5 Å². The van der Waals surface area contributed by atoms with Gasteiger partial charge < -0.3 is 10.6 Å². The molecular formula is C19H25ClN6O. The first-order valence-electron chi connectivity index (χ1n) is 9.53. The normalized spacial score (nSPS) is 28.9. The standard InChI is InChI=1S/C19H25ClN6O/c1-11(14-10-12-9-13(20)3-4-15(12)24-18(14)27)23-19-21-7-5-16(25-19)17-6-8-22-26(17)2/h5-8,11-15H,3-4,9-10H2,1-2H3,(H,24,27)(H,21,23,25)/t11-,12?,13?,14?,15?/m0/s1. The van der Waals surface area contributed by atoms with Gasteiger partial charge >= 0.3 is 0 Å². The molecule has 1 aliphatic carbocycles. The van der Waals surface area contributed by atoms with Gasteiger partial charge in [0.25, 0.3) is 0 Å². The van der Waals surface area contributed by atoms with Gasteiger partial charge in [-0.25, -0.2) is 9.97 Å². The molecule has 0 aromatic carbocycles. The summed E-state index contributed by atoms with van der Waals surface area (Å²) in [6.07, 6.45) is 7.26. The molecule has 3 heterocycles. The number of aromatic nitrogens is 4. The van der Waals surface area contributed by atoms with E-state index in [2.05, 4.69) is 25.7 Å². The van der Waals surface area contributed by atoms with E-state index >= 15 is 0 Å². The number of nitrogens with one attached hydrogen (secondary N) is 2. The lowest BCUT2D eigenvalue weighted by atomic mass is 9.74. The van der Waals surface area contributed by atoms with Gasteiger partial charge in [-0.2, -0.15) is 5.10 Å². The number of carbonyl (C=O) groups is 1. The highest BCUT2D eigenvalue weighted by molar-refractivity contribution is 6.20. The summed E-state index contributed by atoms with van der Waals surface area (Å²) in [5.74, 6) is 0.981. The second-order valence-electron chi connectivity index (χ2n) is 7.67. The van der Waals surface area contributed by atoms with E-state index in [1.807, 2.05) is 26.1 Å². The third-order valence-electron chi connectivity index (χ3n) is 5.84. The molecule has 1 amide bonds. The highest BCUT2D eigenvalue weighted by Gasteiger charge is 2.41. The average Bonchev–Trinajstić information content (AvgIpc) is 3.07. The summed E-state index contributed by atoms with van der Waals surface area (Å²) in [5.41, 5.74) is 1.71. The van der Waals surface area contributed by atoms with E-state index in [0.717, 1.165) is 37.1 Å². The monoisotopic (exact) mass is 388 g/mol. The fraction of sp³-hybridized carbons (Fsp3) is 0.579. The van der Waals surface area contributed by atoms with Gasteiger partial charge in [0.1, 0.15) is 0 Å². The number of amides is 1. The zero-order valence-electron chi connectivity index (χ0n) is 15.6. The highest BCUT2D eigenvalue weighted by Crippen LogP contribution is 2.36. The van der Waals surface area contributed by atoms with E-state index in [0.29, 0.717) is 11.9 Å². The second kappa shape index (κ2) is 7.46.